The zero-order valence-corrected chi connectivity index (χ0v) is 10.8. The normalized spacial score (nSPS) is 27.9. The van der Waals surface area contributed by atoms with E-state index in [-0.39, 0.29) is 11.5 Å². The quantitative estimate of drug-likeness (QED) is 0.788. The Morgan fingerprint density at radius 1 is 1.59 bits per heavy atom. The van der Waals surface area contributed by atoms with Crippen LogP contribution in [-0.4, -0.2) is 21.7 Å². The first kappa shape index (κ1) is 12.1. The summed E-state index contributed by atoms with van der Waals surface area (Å²) in [5.74, 6) is 1.08. The fraction of sp³-hybridized carbons (Fsp3) is 0.692. The van der Waals surface area contributed by atoms with Gasteiger partial charge in [0, 0.05) is 13.0 Å². The molecule has 1 aliphatic rings. The first-order valence-electron chi connectivity index (χ1n) is 6.32. The first-order valence-corrected chi connectivity index (χ1v) is 6.32. The fourth-order valence-electron chi connectivity index (χ4n) is 2.19. The van der Waals surface area contributed by atoms with Crippen LogP contribution in [-0.2, 0) is 11.3 Å². The van der Waals surface area contributed by atoms with Gasteiger partial charge in [0.05, 0.1) is 17.8 Å². The van der Waals surface area contributed by atoms with Gasteiger partial charge in [-0.05, 0) is 19.8 Å². The van der Waals surface area contributed by atoms with Gasteiger partial charge in [-0.25, -0.2) is 0 Å². The highest BCUT2D eigenvalue weighted by atomic mass is 16.5. The molecule has 0 saturated heterocycles. The molecule has 1 aliphatic carbocycles. The van der Waals surface area contributed by atoms with Gasteiger partial charge in [-0.15, -0.1) is 0 Å². The fourth-order valence-corrected chi connectivity index (χ4v) is 2.19. The zero-order chi connectivity index (χ0) is 12.5. The molecule has 4 heteroatoms. The van der Waals surface area contributed by atoms with Crippen molar-refractivity contribution >= 4 is 5.78 Å². The number of carbonyl (C=O) groups excluding carboxylic acids is 1. The molecule has 1 heterocycles. The molecule has 2 rings (SSSR count). The Kier molecular flexibility index (Phi) is 3.22. The molecule has 4 nitrogen and oxygen atoms in total. The number of ether oxygens (including phenoxy) is 1. The number of hydrogen-bond donors (Lipinski definition) is 0. The average molecular weight is 236 g/mol. The van der Waals surface area contributed by atoms with E-state index >= 15 is 0 Å². The van der Waals surface area contributed by atoms with Crippen LogP contribution in [0.1, 0.15) is 40.0 Å². The lowest BCUT2D eigenvalue weighted by atomic mass is 9.64. The number of ketones is 1. The predicted octanol–water partition coefficient (Wildman–Crippen LogP) is 2.43. The van der Waals surface area contributed by atoms with E-state index in [0.717, 1.165) is 25.1 Å². The van der Waals surface area contributed by atoms with Gasteiger partial charge in [-0.1, -0.05) is 13.8 Å². The lowest BCUT2D eigenvalue weighted by molar-refractivity contribution is -0.150. The third-order valence-electron chi connectivity index (χ3n) is 3.79. The molecule has 0 spiro atoms. The standard InChI is InChI=1S/C13H20N2O2/c1-4-6-15-9-10(8-14-15)17-12-7-11(16)13(12,3)5-2/h8-9,12H,4-7H2,1-3H3. The summed E-state index contributed by atoms with van der Waals surface area (Å²) in [6.07, 6.45) is 6.06. The summed E-state index contributed by atoms with van der Waals surface area (Å²) < 4.78 is 7.72. The van der Waals surface area contributed by atoms with Gasteiger partial charge >= 0.3 is 0 Å². The number of hydrogen-bond acceptors (Lipinski definition) is 3. The van der Waals surface area contributed by atoms with Crippen molar-refractivity contribution in [1.29, 1.82) is 0 Å². The Labute approximate surface area is 102 Å². The summed E-state index contributed by atoms with van der Waals surface area (Å²) >= 11 is 0. The van der Waals surface area contributed by atoms with Crippen LogP contribution in [0.5, 0.6) is 5.75 Å². The summed E-state index contributed by atoms with van der Waals surface area (Å²) in [5, 5.41) is 4.22. The summed E-state index contributed by atoms with van der Waals surface area (Å²) in [6, 6.07) is 0. The van der Waals surface area contributed by atoms with Gasteiger partial charge in [0.15, 0.2) is 5.75 Å². The molecule has 2 unspecified atom stereocenters. The lowest BCUT2D eigenvalue weighted by Crippen LogP contribution is -2.54. The Bertz CT molecular complexity index is 413. The smallest absolute Gasteiger partial charge is 0.157 e. The Balaban J connectivity index is 1.99. The second-order valence-corrected chi connectivity index (χ2v) is 4.94. The molecule has 0 aliphatic heterocycles. The zero-order valence-electron chi connectivity index (χ0n) is 10.8. The van der Waals surface area contributed by atoms with Crippen LogP contribution in [0.2, 0.25) is 0 Å². The third-order valence-corrected chi connectivity index (χ3v) is 3.79. The van der Waals surface area contributed by atoms with E-state index in [4.69, 9.17) is 4.74 Å². The largest absolute Gasteiger partial charge is 0.486 e. The van der Waals surface area contributed by atoms with Gasteiger partial charge in [0.25, 0.3) is 0 Å². The maximum atomic E-state index is 11.6. The average Bonchev–Trinajstić information content (AvgIpc) is 2.76. The summed E-state index contributed by atoms with van der Waals surface area (Å²) in [7, 11) is 0. The molecule has 0 bridgehead atoms. The van der Waals surface area contributed by atoms with E-state index in [1.54, 1.807) is 6.20 Å². The first-order chi connectivity index (χ1) is 8.10. The minimum Gasteiger partial charge on any atom is -0.486 e. The van der Waals surface area contributed by atoms with Crippen molar-refractivity contribution < 1.29 is 9.53 Å². The van der Waals surface area contributed by atoms with Gasteiger partial charge in [-0.3, -0.25) is 9.48 Å². The minimum absolute atomic E-state index is 0.0132. The third kappa shape index (κ3) is 2.08. The molecule has 0 aromatic carbocycles. The maximum absolute atomic E-state index is 11.6. The minimum atomic E-state index is -0.299. The molecule has 0 radical (unpaired) electrons. The summed E-state index contributed by atoms with van der Waals surface area (Å²) in [5.41, 5.74) is -0.299. The Morgan fingerprint density at radius 2 is 2.35 bits per heavy atom. The molecular weight excluding hydrogens is 216 g/mol. The van der Waals surface area contributed by atoms with Crippen molar-refractivity contribution in [3.63, 3.8) is 0 Å². The Hall–Kier alpha value is -1.32. The van der Waals surface area contributed by atoms with Crippen molar-refractivity contribution in [3.05, 3.63) is 12.4 Å². The Morgan fingerprint density at radius 3 is 2.94 bits per heavy atom. The molecule has 94 valence electrons. The molecule has 17 heavy (non-hydrogen) atoms. The number of carbonyl (C=O) groups is 1. The van der Waals surface area contributed by atoms with Crippen molar-refractivity contribution in [2.45, 2.75) is 52.7 Å². The molecule has 1 aromatic rings. The van der Waals surface area contributed by atoms with E-state index < -0.39 is 0 Å². The summed E-state index contributed by atoms with van der Waals surface area (Å²) in [6.45, 7) is 7.03. The van der Waals surface area contributed by atoms with E-state index in [2.05, 4.69) is 12.0 Å². The van der Waals surface area contributed by atoms with Crippen molar-refractivity contribution in [1.82, 2.24) is 9.78 Å². The molecule has 1 saturated carbocycles. The monoisotopic (exact) mass is 236 g/mol. The van der Waals surface area contributed by atoms with Crippen LogP contribution in [0, 0.1) is 5.41 Å². The second-order valence-electron chi connectivity index (χ2n) is 4.94. The van der Waals surface area contributed by atoms with Crippen LogP contribution in [0.3, 0.4) is 0 Å². The van der Waals surface area contributed by atoms with Gasteiger partial charge < -0.3 is 4.74 Å². The number of aryl methyl sites for hydroxylation is 1. The number of aromatic nitrogens is 2. The number of rotatable bonds is 5. The van der Waals surface area contributed by atoms with E-state index in [0.29, 0.717) is 12.2 Å². The highest BCUT2D eigenvalue weighted by Crippen LogP contribution is 2.42. The highest BCUT2D eigenvalue weighted by Gasteiger charge is 2.51. The molecule has 0 N–H and O–H groups in total. The van der Waals surface area contributed by atoms with Crippen molar-refractivity contribution in [3.8, 4) is 5.75 Å². The highest BCUT2D eigenvalue weighted by molar-refractivity contribution is 5.92. The van der Waals surface area contributed by atoms with E-state index in [1.807, 2.05) is 24.7 Å². The maximum Gasteiger partial charge on any atom is 0.157 e. The van der Waals surface area contributed by atoms with Crippen LogP contribution in [0.4, 0.5) is 0 Å². The number of nitrogens with zero attached hydrogens (tertiary/aromatic N) is 2. The van der Waals surface area contributed by atoms with Crippen LogP contribution in [0.25, 0.3) is 0 Å². The molecular formula is C13H20N2O2. The van der Waals surface area contributed by atoms with Crippen LogP contribution in [0.15, 0.2) is 12.4 Å². The van der Waals surface area contributed by atoms with Gasteiger partial charge in [-0.2, -0.15) is 5.10 Å². The second kappa shape index (κ2) is 4.51. The SMILES string of the molecule is CCCn1cc(OC2CC(=O)C2(C)CC)cn1. The molecule has 1 aromatic heterocycles. The van der Waals surface area contributed by atoms with Crippen LogP contribution < -0.4 is 4.74 Å². The van der Waals surface area contributed by atoms with Gasteiger partial charge in [0.1, 0.15) is 11.9 Å². The van der Waals surface area contributed by atoms with Crippen LogP contribution >= 0.6 is 0 Å². The number of Topliss-reactive ketones (excluding diaryl/α,β-unsaturated/α-hetero) is 1. The molecule has 2 atom stereocenters. The topological polar surface area (TPSA) is 44.1 Å². The van der Waals surface area contributed by atoms with Crippen molar-refractivity contribution in [2.24, 2.45) is 5.41 Å². The van der Waals surface area contributed by atoms with Gasteiger partial charge in [0.2, 0.25) is 0 Å². The van der Waals surface area contributed by atoms with Crippen molar-refractivity contribution in [2.75, 3.05) is 0 Å². The lowest BCUT2D eigenvalue weighted by Gasteiger charge is -2.43. The summed E-state index contributed by atoms with van der Waals surface area (Å²) in [4.78, 5) is 11.6. The molecule has 0 amide bonds. The van der Waals surface area contributed by atoms with E-state index in [9.17, 15) is 4.79 Å². The molecule has 1 fully saturated rings. The van der Waals surface area contributed by atoms with E-state index in [1.165, 1.54) is 0 Å². The predicted molar refractivity (Wildman–Crippen MR) is 65.0 cm³/mol.